The van der Waals surface area contributed by atoms with Crippen molar-refractivity contribution in [2.24, 2.45) is 0 Å². The number of thioether (sulfide) groups is 1. The highest BCUT2D eigenvalue weighted by molar-refractivity contribution is 8.22. The van der Waals surface area contributed by atoms with Crippen LogP contribution in [0.3, 0.4) is 0 Å². The number of hydrogen-bond acceptors (Lipinski definition) is 9. The summed E-state index contributed by atoms with van der Waals surface area (Å²) < 4.78 is 13.5. The average Bonchev–Trinajstić information content (AvgIpc) is 3.11. The Hall–Kier alpha value is -1.60. The molecule has 1 aliphatic heterocycles. The molecule has 0 saturated carbocycles. The Balaban J connectivity index is 1.91. The second-order valence-electron chi connectivity index (χ2n) is 6.48. The molecular formula is C18H24N2O7S2. The maximum atomic E-state index is 10.3. The predicted octanol–water partition coefficient (Wildman–Crippen LogP) is -0.384. The van der Waals surface area contributed by atoms with E-state index in [9.17, 15) is 20.4 Å². The molecule has 0 bridgehead atoms. The van der Waals surface area contributed by atoms with Crippen LogP contribution >= 0.6 is 24.0 Å². The van der Waals surface area contributed by atoms with Crippen molar-refractivity contribution in [1.82, 2.24) is 10.0 Å². The van der Waals surface area contributed by atoms with Crippen LogP contribution in [-0.2, 0) is 11.3 Å². The van der Waals surface area contributed by atoms with Crippen molar-refractivity contribution in [3.63, 3.8) is 0 Å². The van der Waals surface area contributed by atoms with Crippen molar-refractivity contribution in [2.45, 2.75) is 37.3 Å². The first kappa shape index (κ1) is 22.1. The molecule has 0 spiro atoms. The van der Waals surface area contributed by atoms with E-state index in [-0.39, 0.29) is 0 Å². The van der Waals surface area contributed by atoms with Gasteiger partial charge in [-0.25, -0.2) is 0 Å². The highest BCUT2D eigenvalue weighted by Gasteiger charge is 2.44. The molecule has 1 aromatic heterocycles. The molecule has 5 N–H and O–H groups in total. The first-order valence-corrected chi connectivity index (χ1v) is 10.5. The van der Waals surface area contributed by atoms with Gasteiger partial charge in [-0.1, -0.05) is 24.4 Å². The van der Waals surface area contributed by atoms with E-state index in [4.69, 9.17) is 26.5 Å². The quantitative estimate of drug-likeness (QED) is 0.376. The first-order valence-electron chi connectivity index (χ1n) is 8.87. The van der Waals surface area contributed by atoms with Crippen LogP contribution in [0.4, 0.5) is 0 Å². The van der Waals surface area contributed by atoms with Gasteiger partial charge in [-0.3, -0.25) is 0 Å². The summed E-state index contributed by atoms with van der Waals surface area (Å²) in [6.45, 7) is -0.0509. The molecule has 0 unspecified atom stereocenters. The van der Waals surface area contributed by atoms with Gasteiger partial charge < -0.3 is 40.1 Å². The van der Waals surface area contributed by atoms with Crippen molar-refractivity contribution >= 4 is 39.2 Å². The second-order valence-corrected chi connectivity index (χ2v) is 7.96. The molecule has 160 valence electrons. The summed E-state index contributed by atoms with van der Waals surface area (Å²) in [4.78, 5) is 5.42. The average molecular weight is 445 g/mol. The SMILES string of the molecule is COn1cc(CNC(=S)SC)c2cccc(O[C@@H]3O[C@H](CO)[C@@H](O)[C@H](O)[C@H]3O)c21. The maximum absolute atomic E-state index is 10.3. The van der Waals surface area contributed by atoms with E-state index in [0.717, 1.165) is 10.9 Å². The van der Waals surface area contributed by atoms with Crippen LogP contribution in [0, 0.1) is 0 Å². The molecule has 2 heterocycles. The monoisotopic (exact) mass is 444 g/mol. The van der Waals surface area contributed by atoms with Gasteiger partial charge in [0, 0.05) is 23.7 Å². The number of hydrogen-bond donors (Lipinski definition) is 5. The van der Waals surface area contributed by atoms with Crippen LogP contribution in [-0.4, -0.2) is 80.2 Å². The van der Waals surface area contributed by atoms with Crippen LogP contribution in [0.15, 0.2) is 24.4 Å². The number of para-hydroxylation sites is 1. The summed E-state index contributed by atoms with van der Waals surface area (Å²) in [5.41, 5.74) is 1.51. The van der Waals surface area contributed by atoms with E-state index in [1.54, 1.807) is 18.3 Å². The number of benzene rings is 1. The van der Waals surface area contributed by atoms with Crippen LogP contribution in [0.5, 0.6) is 5.75 Å². The van der Waals surface area contributed by atoms with E-state index in [2.05, 4.69) is 5.32 Å². The highest BCUT2D eigenvalue weighted by Crippen LogP contribution is 2.32. The zero-order valence-electron chi connectivity index (χ0n) is 15.9. The van der Waals surface area contributed by atoms with E-state index >= 15 is 0 Å². The van der Waals surface area contributed by atoms with Gasteiger partial charge in [-0.15, -0.1) is 11.8 Å². The van der Waals surface area contributed by atoms with E-state index in [1.807, 2.05) is 12.3 Å². The fraction of sp³-hybridized carbons (Fsp3) is 0.500. The minimum absolute atomic E-state index is 0.340. The van der Waals surface area contributed by atoms with Gasteiger partial charge in [0.25, 0.3) is 0 Å². The van der Waals surface area contributed by atoms with Crippen molar-refractivity contribution in [3.8, 4) is 5.75 Å². The standard InChI is InChI=1S/C18H24N2O7S2/c1-25-20-7-9(6-19-18(28)29-2)10-4-3-5-11(13(10)20)26-17-16(24)15(23)14(22)12(8-21)27-17/h3-5,7,12,14-17,21-24H,6,8H2,1-2H3,(H,19,28)/t12-,14-,15+,16-,17-/m1/s1. The summed E-state index contributed by atoms with van der Waals surface area (Å²) in [5.74, 6) is 0.340. The molecule has 3 rings (SSSR count). The number of rotatable bonds is 6. The molecule has 1 saturated heterocycles. The van der Waals surface area contributed by atoms with E-state index in [0.29, 0.717) is 22.1 Å². The van der Waals surface area contributed by atoms with Gasteiger partial charge in [0.15, 0.2) is 5.75 Å². The molecule has 0 radical (unpaired) electrons. The number of fused-ring (bicyclic) bond motifs is 1. The Labute approximate surface area is 177 Å². The summed E-state index contributed by atoms with van der Waals surface area (Å²) in [6, 6.07) is 5.34. The van der Waals surface area contributed by atoms with Crippen molar-refractivity contribution < 1.29 is 34.7 Å². The number of ether oxygens (including phenoxy) is 2. The summed E-state index contributed by atoms with van der Waals surface area (Å²) in [7, 11) is 1.51. The number of nitrogens with zero attached hydrogens (tertiary/aromatic N) is 1. The Bertz CT molecular complexity index is 860. The number of aliphatic hydroxyl groups excluding tert-OH is 4. The van der Waals surface area contributed by atoms with Gasteiger partial charge >= 0.3 is 0 Å². The Morgan fingerprint density at radius 2 is 2.03 bits per heavy atom. The topological polar surface area (TPSA) is 126 Å². The molecule has 2 aromatic rings. The molecule has 0 amide bonds. The zero-order chi connectivity index (χ0) is 21.1. The molecule has 29 heavy (non-hydrogen) atoms. The van der Waals surface area contributed by atoms with Gasteiger partial charge in [0.2, 0.25) is 6.29 Å². The summed E-state index contributed by atoms with van der Waals surface area (Å²) in [5, 5.41) is 43.5. The number of aromatic nitrogens is 1. The lowest BCUT2D eigenvalue weighted by atomic mass is 9.99. The number of aliphatic hydroxyl groups is 4. The van der Waals surface area contributed by atoms with E-state index in [1.165, 1.54) is 23.6 Å². The third-order valence-corrected chi connectivity index (χ3v) is 5.89. The smallest absolute Gasteiger partial charge is 0.229 e. The fourth-order valence-corrected chi connectivity index (χ4v) is 3.48. The largest absolute Gasteiger partial charge is 0.460 e. The lowest BCUT2D eigenvalue weighted by Crippen LogP contribution is -2.60. The molecule has 5 atom stereocenters. The van der Waals surface area contributed by atoms with E-state index < -0.39 is 37.3 Å². The minimum Gasteiger partial charge on any atom is -0.460 e. The first-order chi connectivity index (χ1) is 13.9. The van der Waals surface area contributed by atoms with Crippen LogP contribution in [0.25, 0.3) is 10.9 Å². The lowest BCUT2D eigenvalue weighted by molar-refractivity contribution is -0.277. The van der Waals surface area contributed by atoms with Gasteiger partial charge in [-0.2, -0.15) is 4.73 Å². The Morgan fingerprint density at radius 3 is 2.69 bits per heavy atom. The lowest BCUT2D eigenvalue weighted by Gasteiger charge is -2.39. The third-order valence-electron chi connectivity index (χ3n) is 4.74. The molecule has 0 aliphatic carbocycles. The van der Waals surface area contributed by atoms with Crippen molar-refractivity contribution in [2.75, 3.05) is 20.0 Å². The molecule has 1 aliphatic rings. The highest BCUT2D eigenvalue weighted by atomic mass is 32.2. The predicted molar refractivity (Wildman–Crippen MR) is 112 cm³/mol. The molecule has 11 heteroatoms. The molecule has 1 aromatic carbocycles. The van der Waals surface area contributed by atoms with Crippen LogP contribution in [0.1, 0.15) is 5.56 Å². The van der Waals surface area contributed by atoms with Gasteiger partial charge in [-0.05, 0) is 12.3 Å². The summed E-state index contributed by atoms with van der Waals surface area (Å²) in [6.07, 6.45) is -3.14. The second kappa shape index (κ2) is 9.47. The zero-order valence-corrected chi connectivity index (χ0v) is 17.5. The van der Waals surface area contributed by atoms with Crippen molar-refractivity contribution in [1.29, 1.82) is 0 Å². The minimum atomic E-state index is -1.52. The normalized spacial score (nSPS) is 27.0. The number of nitrogens with one attached hydrogen (secondary N) is 1. The van der Waals surface area contributed by atoms with Crippen LogP contribution in [0.2, 0.25) is 0 Å². The Kier molecular flexibility index (Phi) is 7.22. The van der Waals surface area contributed by atoms with Gasteiger partial charge in [0.05, 0.1) is 6.61 Å². The Morgan fingerprint density at radius 1 is 1.28 bits per heavy atom. The molecule has 9 nitrogen and oxygen atoms in total. The van der Waals surface area contributed by atoms with Crippen molar-refractivity contribution in [3.05, 3.63) is 30.0 Å². The third kappa shape index (κ3) is 4.45. The molecule has 1 fully saturated rings. The maximum Gasteiger partial charge on any atom is 0.229 e. The summed E-state index contributed by atoms with van der Waals surface area (Å²) >= 11 is 6.62. The molecular weight excluding hydrogens is 420 g/mol. The van der Waals surface area contributed by atoms with Gasteiger partial charge in [0.1, 0.15) is 41.4 Å². The fourth-order valence-electron chi connectivity index (χ4n) is 3.19. The van der Waals surface area contributed by atoms with Crippen LogP contribution < -0.4 is 14.9 Å². The number of thiocarbonyl (C=S) groups is 1.